The van der Waals surface area contributed by atoms with E-state index in [9.17, 15) is 61.2 Å². The molecule has 1 fully saturated rings. The number of carbonyl (C=O) groups excluding carboxylic acids is 1. The Kier molecular flexibility index (Phi) is 21.3. The van der Waals surface area contributed by atoms with Gasteiger partial charge < -0.3 is 44.9 Å². The van der Waals surface area contributed by atoms with Gasteiger partial charge in [-0.05, 0) is 62.7 Å². The molecule has 78 heavy (non-hydrogen) atoms. The number of nitrogens with one attached hydrogen (secondary N) is 2. The fourth-order valence-corrected chi connectivity index (χ4v) is 14.7. The fraction of sp³-hybridized carbons (Fsp3) is 0.422. The first kappa shape index (κ1) is 63.2. The maximum Gasteiger partial charge on any atom is 0.490 e. The number of fused-ring (bicyclic) bond motifs is 2. The van der Waals surface area contributed by atoms with Crippen LogP contribution in [0.2, 0.25) is 0 Å². The number of amides is 1. The number of benzene rings is 2. The van der Waals surface area contributed by atoms with Gasteiger partial charge in [0.05, 0.1) is 41.6 Å². The lowest BCUT2D eigenvalue weighted by atomic mass is 9.81. The first-order chi connectivity index (χ1) is 36.5. The van der Waals surface area contributed by atoms with Crippen molar-refractivity contribution in [3.05, 3.63) is 116 Å². The van der Waals surface area contributed by atoms with Crippen molar-refractivity contribution < 1.29 is 93.2 Å². The van der Waals surface area contributed by atoms with Gasteiger partial charge in [-0.2, -0.15) is 25.9 Å². The number of likely N-dealkylation sites (N-methyl/N-ethyl adjacent to an activating group) is 1. The number of aliphatic hydroxyl groups excluding tert-OH is 1. The number of aromatic nitrogens is 2. The van der Waals surface area contributed by atoms with Gasteiger partial charge in [-0.15, -0.1) is 0 Å². The van der Waals surface area contributed by atoms with E-state index >= 15 is 0 Å². The molecule has 1 amide bonds. The van der Waals surface area contributed by atoms with Crippen LogP contribution in [0.15, 0.2) is 98.1 Å². The summed E-state index contributed by atoms with van der Waals surface area (Å²) in [5.41, 5.74) is 2.56. The summed E-state index contributed by atoms with van der Waals surface area (Å²) in [6, 6.07) is 10.4. The molecule has 3 aromatic rings. The van der Waals surface area contributed by atoms with Crippen molar-refractivity contribution in [3.63, 3.8) is 0 Å². The number of anilines is 1. The van der Waals surface area contributed by atoms with Crippen LogP contribution in [0.5, 0.6) is 0 Å². The Morgan fingerprint density at radius 3 is 2.42 bits per heavy atom. The van der Waals surface area contributed by atoms with Crippen molar-refractivity contribution in [1.29, 1.82) is 0 Å². The lowest BCUT2D eigenvalue weighted by Gasteiger charge is -2.25. The van der Waals surface area contributed by atoms with Gasteiger partial charge in [0.2, 0.25) is 11.6 Å². The minimum atomic E-state index is -5.80. The highest BCUT2D eigenvalue weighted by molar-refractivity contribution is 8.76. The van der Waals surface area contributed by atoms with Crippen molar-refractivity contribution in [1.82, 2.24) is 14.9 Å². The molecule has 1 saturated heterocycles. The summed E-state index contributed by atoms with van der Waals surface area (Å²) in [7, 11) is -18.4. The summed E-state index contributed by atoms with van der Waals surface area (Å²) in [5.74, 6) is 6.01. The summed E-state index contributed by atoms with van der Waals surface area (Å²) in [5, 5.41) is 27.0. The molecule has 33 heteroatoms. The van der Waals surface area contributed by atoms with Crippen LogP contribution in [0.4, 0.5) is 11.4 Å². The number of aliphatic hydroxyl groups is 1. The zero-order valence-electron chi connectivity index (χ0n) is 42.1. The lowest BCUT2D eigenvalue weighted by Crippen LogP contribution is -2.34. The third-order valence-corrected chi connectivity index (χ3v) is 19.9. The Morgan fingerprint density at radius 2 is 1.73 bits per heavy atom. The van der Waals surface area contributed by atoms with Crippen LogP contribution in [0.1, 0.15) is 76.8 Å². The Bertz CT molecular complexity index is 3330. The van der Waals surface area contributed by atoms with Crippen LogP contribution in [-0.4, -0.2) is 113 Å². The monoisotopic (exact) mass is 1220 g/mol. The standard InChI is InChI=1S/C45H56N5O21P3S4/c1-6-48-34-17-15-30(77-69-68-55)24-32(34)44(2,3)38(48)13-8-7-9-14-39-45(4,5)33-25-31(78(63,64)65)16-18-35(33)49(39)21-11-22-75-76-23-19-40(52)46-20-10-12-29-27-50(43(54)47-42(29)53)41-26-36(51)37(67-41)28-66-73(59,60)71-74(61,62)70-72(56,57)58/h7-9,13-18,24-25,27,36-37,41,51H,6,11,19-23,26,28H2,1-5H3,(H7-,46,47,52,53,54,55,56,57,58,59,60,61,62,63,64,65)/t36?,37-,41-/m1/s1. The van der Waals surface area contributed by atoms with Crippen molar-refractivity contribution in [3.8, 4) is 11.8 Å². The molecule has 426 valence electrons. The SMILES string of the molecule is CCN1C(=CC=CC=CC2=[N+](CCCSSCCC(=O)NCC#Cc3cn([C@H]4CC(O)[C@@H](COP(=O)(O)OP(=O)(O)OP(=O)(O)O)O4)c(=O)[nH]c3=O)c3ccc(S(=O)(=O)O)cc3C2(C)C)C(C)(C)c2cc(SOO[O-])ccc21. The average Bonchev–Trinajstić information content (AvgIpc) is 4.06. The zero-order chi connectivity index (χ0) is 57.4. The second kappa shape index (κ2) is 26.3. The predicted molar refractivity (Wildman–Crippen MR) is 286 cm³/mol. The molecule has 3 unspecified atom stereocenters. The van der Waals surface area contributed by atoms with E-state index in [2.05, 4.69) is 76.0 Å². The summed E-state index contributed by atoms with van der Waals surface area (Å²) < 4.78 is 93.7. The number of aromatic amines is 1. The second-order valence-electron chi connectivity index (χ2n) is 18.2. The van der Waals surface area contributed by atoms with E-state index in [-0.39, 0.29) is 41.2 Å². The number of phosphoric ester groups is 1. The molecule has 0 radical (unpaired) electrons. The van der Waals surface area contributed by atoms with Crippen LogP contribution in [-0.2, 0) is 66.7 Å². The lowest BCUT2D eigenvalue weighted by molar-refractivity contribution is -0.777. The first-order valence-corrected chi connectivity index (χ1v) is 32.5. The predicted octanol–water partition coefficient (Wildman–Crippen LogP) is 4.53. The minimum absolute atomic E-state index is 0.141. The van der Waals surface area contributed by atoms with E-state index in [1.165, 1.54) is 22.9 Å². The zero-order valence-corrected chi connectivity index (χ0v) is 48.1. The highest BCUT2D eigenvalue weighted by Gasteiger charge is 2.46. The molecule has 26 nitrogen and oxygen atoms in total. The summed E-state index contributed by atoms with van der Waals surface area (Å²) in [6.45, 7) is 10.4. The first-order valence-electron chi connectivity index (χ1n) is 23.3. The van der Waals surface area contributed by atoms with Crippen molar-refractivity contribution in [2.24, 2.45) is 0 Å². The maximum atomic E-state index is 12.6. The van der Waals surface area contributed by atoms with Gasteiger partial charge in [0.1, 0.15) is 24.4 Å². The van der Waals surface area contributed by atoms with Gasteiger partial charge in [0.15, 0.2) is 5.71 Å². The van der Waals surface area contributed by atoms with E-state index in [0.29, 0.717) is 24.5 Å². The second-order valence-corrected chi connectivity index (χ2v) is 27.6. The van der Waals surface area contributed by atoms with Gasteiger partial charge in [0.25, 0.3) is 15.7 Å². The highest BCUT2D eigenvalue weighted by atomic mass is 33.1. The number of carbonyl (C=O) groups is 1. The van der Waals surface area contributed by atoms with E-state index in [1.807, 2.05) is 61.3 Å². The molecule has 6 rings (SSSR count). The number of H-pyrrole nitrogens is 1. The molecule has 1 aromatic heterocycles. The number of hydrogen-bond acceptors (Lipinski definition) is 20. The normalized spacial score (nSPS) is 20.9. The molecular weight excluding hydrogens is 1170 g/mol. The van der Waals surface area contributed by atoms with Crippen LogP contribution in [0, 0.1) is 11.8 Å². The molecular formula is C45H56N5O21P3S4. The molecule has 0 bridgehead atoms. The average molecular weight is 1220 g/mol. The molecule has 5 atom stereocenters. The Hall–Kier alpha value is -3.99. The van der Waals surface area contributed by atoms with E-state index < -0.39 is 75.3 Å². The molecule has 0 saturated carbocycles. The smallest absolute Gasteiger partial charge is 0.490 e. The molecule has 0 aliphatic carbocycles. The maximum absolute atomic E-state index is 12.6. The Balaban J connectivity index is 0.999. The van der Waals surface area contributed by atoms with Gasteiger partial charge in [-0.25, -0.2) is 18.5 Å². The minimum Gasteiger partial charge on any atom is -0.691 e. The van der Waals surface area contributed by atoms with Gasteiger partial charge in [0, 0.05) is 82.9 Å². The van der Waals surface area contributed by atoms with Crippen molar-refractivity contribution in [2.45, 2.75) is 92.9 Å². The van der Waals surface area contributed by atoms with Crippen LogP contribution in [0.3, 0.4) is 0 Å². The largest absolute Gasteiger partial charge is 0.691 e. The van der Waals surface area contributed by atoms with Crippen molar-refractivity contribution in [2.75, 3.05) is 42.6 Å². The molecule has 4 heterocycles. The van der Waals surface area contributed by atoms with E-state index in [0.717, 1.165) is 68.2 Å². The summed E-state index contributed by atoms with van der Waals surface area (Å²) in [6.07, 6.45) is 7.23. The molecule has 3 aliphatic rings. The van der Waals surface area contributed by atoms with E-state index in [4.69, 9.17) is 14.5 Å². The van der Waals surface area contributed by atoms with Gasteiger partial charge in [-0.3, -0.25) is 33.3 Å². The molecule has 3 aliphatic heterocycles. The van der Waals surface area contributed by atoms with Gasteiger partial charge >= 0.3 is 29.2 Å². The number of phosphoric acid groups is 3. The number of hydrogen-bond donors (Lipinski definition) is 8. The highest BCUT2D eigenvalue weighted by Crippen LogP contribution is 2.66. The van der Waals surface area contributed by atoms with Gasteiger partial charge in [-0.1, -0.05) is 65.5 Å². The number of ether oxygens (including phenoxy) is 1. The Labute approximate surface area is 459 Å². The number of nitrogens with zero attached hydrogens (tertiary/aromatic N) is 3. The molecule has 0 spiro atoms. The number of allylic oxidation sites excluding steroid dienone is 6. The summed E-state index contributed by atoms with van der Waals surface area (Å²) >= 11 is 0.839. The van der Waals surface area contributed by atoms with Crippen LogP contribution >= 0.6 is 57.1 Å². The van der Waals surface area contributed by atoms with Crippen molar-refractivity contribution >= 4 is 90.2 Å². The molecule has 2 aromatic carbocycles. The quantitative estimate of drug-likeness (QED) is 0.00552. The fourth-order valence-electron chi connectivity index (χ4n) is 8.71. The molecule has 8 N–H and O–H groups in total. The Morgan fingerprint density at radius 1 is 1.00 bits per heavy atom. The van der Waals surface area contributed by atoms with Crippen LogP contribution < -0.4 is 26.7 Å². The number of rotatable bonds is 25. The third-order valence-electron chi connectivity index (χ3n) is 12.2. The summed E-state index contributed by atoms with van der Waals surface area (Å²) in [4.78, 5) is 79.0. The van der Waals surface area contributed by atoms with Crippen LogP contribution in [0.25, 0.3) is 0 Å². The third kappa shape index (κ3) is 16.4. The topological polar surface area (TPSA) is 375 Å². The van der Waals surface area contributed by atoms with E-state index in [1.54, 1.807) is 16.9 Å².